The van der Waals surface area contributed by atoms with Crippen molar-refractivity contribution in [3.8, 4) is 17.2 Å². The molecule has 3 rings (SSSR count). The Bertz CT molecular complexity index is 1050. The summed E-state index contributed by atoms with van der Waals surface area (Å²) in [5.41, 5.74) is 2.08. The first-order valence-corrected chi connectivity index (χ1v) is 9.37. The molecule has 0 radical (unpaired) electrons. The minimum Gasteiger partial charge on any atom is -0.497 e. The first-order valence-electron chi connectivity index (χ1n) is 9.37. The van der Waals surface area contributed by atoms with Gasteiger partial charge < -0.3 is 24.8 Å². The number of imide groups is 1. The highest BCUT2D eigenvalue weighted by Gasteiger charge is 2.35. The van der Waals surface area contributed by atoms with E-state index in [2.05, 4.69) is 10.6 Å². The molecule has 31 heavy (non-hydrogen) atoms. The van der Waals surface area contributed by atoms with Crippen LogP contribution in [0.2, 0.25) is 0 Å². The smallest absolute Gasteiger partial charge is 0.329 e. The number of methoxy groups -OCH3 is 3. The molecule has 4 amide bonds. The predicted molar refractivity (Wildman–Crippen MR) is 114 cm³/mol. The zero-order valence-corrected chi connectivity index (χ0v) is 17.6. The molecule has 0 aliphatic carbocycles. The lowest BCUT2D eigenvalue weighted by molar-refractivity contribution is -0.127. The number of rotatable bonds is 7. The van der Waals surface area contributed by atoms with Gasteiger partial charge in [0.05, 0.1) is 21.3 Å². The van der Waals surface area contributed by atoms with Crippen molar-refractivity contribution in [3.63, 3.8) is 0 Å². The summed E-state index contributed by atoms with van der Waals surface area (Å²) in [6.07, 6.45) is 1.54. The number of carbonyl (C=O) groups is 3. The van der Waals surface area contributed by atoms with Crippen molar-refractivity contribution >= 4 is 29.6 Å². The van der Waals surface area contributed by atoms with Gasteiger partial charge in [0.15, 0.2) is 11.5 Å². The maximum Gasteiger partial charge on any atom is 0.329 e. The van der Waals surface area contributed by atoms with Crippen molar-refractivity contribution in [2.75, 3.05) is 33.2 Å². The average molecular weight is 425 g/mol. The fraction of sp³-hybridized carbons (Fsp3) is 0.227. The molecule has 0 saturated carbocycles. The molecule has 2 aromatic carbocycles. The number of aryl methyl sites for hydroxylation is 1. The number of nitrogens with zero attached hydrogens (tertiary/aromatic N) is 1. The average Bonchev–Trinajstić information content (AvgIpc) is 3.02. The number of hydrogen-bond acceptors (Lipinski definition) is 6. The van der Waals surface area contributed by atoms with Crippen LogP contribution >= 0.6 is 0 Å². The summed E-state index contributed by atoms with van der Waals surface area (Å²) in [6, 6.07) is 9.51. The standard InChI is InChI=1S/C22H23N3O6/c1-13-9-18(30-3)19(31-4)11-14(13)10-17-21(27)25(22(28)24-17)12-20(26)23-15-5-7-16(29-2)8-6-15/h5-11H,12H2,1-4H3,(H,23,26)(H,24,28). The highest BCUT2D eigenvalue weighted by atomic mass is 16.5. The zero-order valence-electron chi connectivity index (χ0n) is 17.6. The highest BCUT2D eigenvalue weighted by Crippen LogP contribution is 2.31. The van der Waals surface area contributed by atoms with Crippen LogP contribution in [-0.2, 0) is 9.59 Å². The van der Waals surface area contributed by atoms with Gasteiger partial charge in [-0.3, -0.25) is 9.59 Å². The molecular weight excluding hydrogens is 402 g/mol. The molecule has 0 bridgehead atoms. The van der Waals surface area contributed by atoms with Gasteiger partial charge in [0.25, 0.3) is 5.91 Å². The normalized spacial score (nSPS) is 14.5. The van der Waals surface area contributed by atoms with Gasteiger partial charge in [0.2, 0.25) is 5.91 Å². The second kappa shape index (κ2) is 9.21. The molecule has 1 heterocycles. The third-order valence-corrected chi connectivity index (χ3v) is 4.71. The Hall–Kier alpha value is -4.01. The summed E-state index contributed by atoms with van der Waals surface area (Å²) in [4.78, 5) is 38.1. The van der Waals surface area contributed by atoms with Gasteiger partial charge in [-0.05, 0) is 60.5 Å². The van der Waals surface area contributed by atoms with Crippen molar-refractivity contribution in [2.45, 2.75) is 6.92 Å². The molecular formula is C22H23N3O6. The molecule has 0 atom stereocenters. The first-order chi connectivity index (χ1) is 14.9. The number of urea groups is 1. The summed E-state index contributed by atoms with van der Waals surface area (Å²) in [5, 5.41) is 5.15. The SMILES string of the molecule is COc1ccc(NC(=O)CN2C(=O)NC(=Cc3cc(OC)c(OC)cc3C)C2=O)cc1. The van der Waals surface area contributed by atoms with Crippen LogP contribution in [0.4, 0.5) is 10.5 Å². The summed E-state index contributed by atoms with van der Waals surface area (Å²) < 4.78 is 15.6. The summed E-state index contributed by atoms with van der Waals surface area (Å²) in [7, 11) is 4.58. The number of benzene rings is 2. The highest BCUT2D eigenvalue weighted by molar-refractivity contribution is 6.16. The van der Waals surface area contributed by atoms with Gasteiger partial charge in [0, 0.05) is 5.69 Å². The van der Waals surface area contributed by atoms with Crippen molar-refractivity contribution in [2.24, 2.45) is 0 Å². The Morgan fingerprint density at radius 2 is 1.68 bits per heavy atom. The Morgan fingerprint density at radius 3 is 2.29 bits per heavy atom. The van der Waals surface area contributed by atoms with Crippen molar-refractivity contribution in [3.05, 3.63) is 53.2 Å². The fourth-order valence-electron chi connectivity index (χ4n) is 3.04. The van der Waals surface area contributed by atoms with Crippen LogP contribution in [0.5, 0.6) is 17.2 Å². The van der Waals surface area contributed by atoms with Gasteiger partial charge in [-0.25, -0.2) is 9.69 Å². The Balaban J connectivity index is 1.73. The first kappa shape index (κ1) is 21.7. The van der Waals surface area contributed by atoms with Gasteiger partial charge >= 0.3 is 6.03 Å². The van der Waals surface area contributed by atoms with Crippen LogP contribution < -0.4 is 24.8 Å². The quantitative estimate of drug-likeness (QED) is 0.522. The van der Waals surface area contributed by atoms with E-state index >= 15 is 0 Å². The molecule has 0 spiro atoms. The maximum absolute atomic E-state index is 12.7. The maximum atomic E-state index is 12.7. The fourth-order valence-corrected chi connectivity index (χ4v) is 3.04. The van der Waals surface area contributed by atoms with E-state index in [9.17, 15) is 14.4 Å². The summed E-state index contributed by atoms with van der Waals surface area (Å²) in [6.45, 7) is 1.43. The number of carbonyl (C=O) groups excluding carboxylic acids is 3. The molecule has 9 nitrogen and oxygen atoms in total. The molecule has 162 valence electrons. The Labute approximate surface area is 179 Å². The van der Waals surface area contributed by atoms with E-state index in [4.69, 9.17) is 14.2 Å². The number of amides is 4. The van der Waals surface area contributed by atoms with Crippen LogP contribution in [0, 0.1) is 6.92 Å². The van der Waals surface area contributed by atoms with Crippen molar-refractivity contribution < 1.29 is 28.6 Å². The lowest BCUT2D eigenvalue weighted by atomic mass is 10.1. The summed E-state index contributed by atoms with van der Waals surface area (Å²) >= 11 is 0. The number of anilines is 1. The van der Waals surface area contributed by atoms with E-state index < -0.39 is 24.4 Å². The molecule has 0 unspecified atom stereocenters. The third kappa shape index (κ3) is 4.77. The van der Waals surface area contributed by atoms with Crippen LogP contribution in [0.25, 0.3) is 6.08 Å². The Kier molecular flexibility index (Phi) is 6.44. The van der Waals surface area contributed by atoms with Gasteiger partial charge in [-0.1, -0.05) is 0 Å². The molecule has 1 aliphatic rings. The number of hydrogen-bond donors (Lipinski definition) is 2. The molecule has 2 aromatic rings. The number of nitrogens with one attached hydrogen (secondary N) is 2. The van der Waals surface area contributed by atoms with Crippen LogP contribution in [0.1, 0.15) is 11.1 Å². The van der Waals surface area contributed by atoms with Crippen LogP contribution in [0.15, 0.2) is 42.1 Å². The second-order valence-corrected chi connectivity index (χ2v) is 6.72. The van der Waals surface area contributed by atoms with Gasteiger partial charge in [0.1, 0.15) is 18.0 Å². The van der Waals surface area contributed by atoms with Gasteiger partial charge in [-0.2, -0.15) is 0 Å². The van der Waals surface area contributed by atoms with Crippen molar-refractivity contribution in [1.29, 1.82) is 0 Å². The van der Waals surface area contributed by atoms with E-state index in [0.717, 1.165) is 10.5 Å². The van der Waals surface area contributed by atoms with E-state index in [0.29, 0.717) is 28.5 Å². The predicted octanol–water partition coefficient (Wildman–Crippen LogP) is 2.55. The Morgan fingerprint density at radius 1 is 1.03 bits per heavy atom. The second-order valence-electron chi connectivity index (χ2n) is 6.72. The van der Waals surface area contributed by atoms with E-state index in [-0.39, 0.29) is 5.70 Å². The largest absolute Gasteiger partial charge is 0.497 e. The molecule has 0 aromatic heterocycles. The van der Waals surface area contributed by atoms with E-state index in [1.54, 1.807) is 49.6 Å². The third-order valence-electron chi connectivity index (χ3n) is 4.71. The number of ether oxygens (including phenoxy) is 3. The molecule has 2 N–H and O–H groups in total. The minimum atomic E-state index is -0.667. The molecule has 1 saturated heterocycles. The molecule has 1 aliphatic heterocycles. The lowest BCUT2D eigenvalue weighted by Gasteiger charge is -2.12. The summed E-state index contributed by atoms with van der Waals surface area (Å²) in [5.74, 6) is 0.599. The van der Waals surface area contributed by atoms with Gasteiger partial charge in [-0.15, -0.1) is 0 Å². The van der Waals surface area contributed by atoms with E-state index in [1.165, 1.54) is 14.2 Å². The van der Waals surface area contributed by atoms with Crippen molar-refractivity contribution in [1.82, 2.24) is 10.2 Å². The molecule has 9 heteroatoms. The molecule has 1 fully saturated rings. The lowest BCUT2D eigenvalue weighted by Crippen LogP contribution is -2.38. The minimum absolute atomic E-state index is 0.0672. The van der Waals surface area contributed by atoms with Crippen LogP contribution in [0.3, 0.4) is 0 Å². The monoisotopic (exact) mass is 425 g/mol. The van der Waals surface area contributed by atoms with Crippen LogP contribution in [-0.4, -0.2) is 50.6 Å². The topological polar surface area (TPSA) is 106 Å². The zero-order chi connectivity index (χ0) is 22.5. The van der Waals surface area contributed by atoms with E-state index in [1.807, 2.05) is 6.92 Å².